The van der Waals surface area contributed by atoms with Crippen molar-refractivity contribution < 1.29 is 14.6 Å². The summed E-state index contributed by atoms with van der Waals surface area (Å²) in [5.41, 5.74) is 1.14. The van der Waals surface area contributed by atoms with Crippen molar-refractivity contribution in [1.82, 2.24) is 9.80 Å². The summed E-state index contributed by atoms with van der Waals surface area (Å²) in [6.07, 6.45) is 0.667. The molecule has 0 saturated carbocycles. The van der Waals surface area contributed by atoms with Gasteiger partial charge in [-0.15, -0.1) is 0 Å². The van der Waals surface area contributed by atoms with E-state index in [4.69, 9.17) is 4.74 Å². The number of aliphatic hydroxyl groups excluding tert-OH is 1. The molecule has 2 atom stereocenters. The van der Waals surface area contributed by atoms with E-state index in [2.05, 4.69) is 11.8 Å². The molecule has 22 heavy (non-hydrogen) atoms. The molecule has 1 N–H and O–H groups in total. The number of rotatable bonds is 8. The smallest absolute Gasteiger partial charge is 0.409 e. The van der Waals surface area contributed by atoms with E-state index in [1.54, 1.807) is 14.1 Å². The van der Waals surface area contributed by atoms with Crippen molar-refractivity contribution in [2.24, 2.45) is 0 Å². The number of carbonyl (C=O) groups is 1. The molecule has 0 bridgehead atoms. The van der Waals surface area contributed by atoms with Gasteiger partial charge in [0.2, 0.25) is 0 Å². The second-order valence-electron chi connectivity index (χ2n) is 5.93. The Hall–Kier alpha value is -1.59. The molecule has 0 heterocycles. The van der Waals surface area contributed by atoms with E-state index < -0.39 is 6.10 Å². The summed E-state index contributed by atoms with van der Waals surface area (Å²) in [4.78, 5) is 14.8. The van der Waals surface area contributed by atoms with E-state index in [0.29, 0.717) is 19.6 Å². The maximum absolute atomic E-state index is 11.3. The van der Waals surface area contributed by atoms with Crippen LogP contribution in [0.3, 0.4) is 0 Å². The zero-order valence-corrected chi connectivity index (χ0v) is 14.0. The molecule has 0 spiro atoms. The molecule has 1 rings (SSSR count). The fourth-order valence-electron chi connectivity index (χ4n) is 2.13. The minimum atomic E-state index is -0.404. The number of carbonyl (C=O) groups excluding carboxylic acids is 1. The van der Waals surface area contributed by atoms with Gasteiger partial charge in [-0.3, -0.25) is 0 Å². The van der Waals surface area contributed by atoms with Gasteiger partial charge < -0.3 is 19.6 Å². The van der Waals surface area contributed by atoms with Crippen molar-refractivity contribution in [1.29, 1.82) is 0 Å². The first-order valence-electron chi connectivity index (χ1n) is 7.66. The Labute approximate surface area is 133 Å². The fourth-order valence-corrected chi connectivity index (χ4v) is 2.13. The first-order valence-corrected chi connectivity index (χ1v) is 7.66. The van der Waals surface area contributed by atoms with Crippen LogP contribution in [0.1, 0.15) is 18.9 Å². The van der Waals surface area contributed by atoms with Crippen molar-refractivity contribution in [3.05, 3.63) is 35.9 Å². The van der Waals surface area contributed by atoms with Crippen molar-refractivity contribution in [3.63, 3.8) is 0 Å². The van der Waals surface area contributed by atoms with Gasteiger partial charge in [0.25, 0.3) is 0 Å². The SMILES string of the molecule is CC(CCOC(=O)N(C)C)N(C)CC(O)Cc1ccccc1. The quantitative estimate of drug-likeness (QED) is 0.798. The third-order valence-electron chi connectivity index (χ3n) is 3.69. The van der Waals surface area contributed by atoms with E-state index in [0.717, 1.165) is 12.0 Å². The summed E-state index contributed by atoms with van der Waals surface area (Å²) in [5, 5.41) is 10.2. The van der Waals surface area contributed by atoms with Gasteiger partial charge in [0.15, 0.2) is 0 Å². The molecule has 5 heteroatoms. The number of hydrogen-bond donors (Lipinski definition) is 1. The predicted octanol–water partition coefficient (Wildman–Crippen LogP) is 2.00. The lowest BCUT2D eigenvalue weighted by atomic mass is 10.1. The maximum Gasteiger partial charge on any atom is 0.409 e. The Morgan fingerprint density at radius 2 is 1.86 bits per heavy atom. The van der Waals surface area contributed by atoms with E-state index in [-0.39, 0.29) is 12.1 Å². The van der Waals surface area contributed by atoms with Crippen LogP contribution in [0.15, 0.2) is 30.3 Å². The van der Waals surface area contributed by atoms with Crippen LogP contribution in [0, 0.1) is 0 Å². The van der Waals surface area contributed by atoms with Crippen LogP contribution in [0.2, 0.25) is 0 Å². The molecule has 0 aliphatic carbocycles. The van der Waals surface area contributed by atoms with Gasteiger partial charge in [-0.2, -0.15) is 0 Å². The standard InChI is InChI=1S/C17H28N2O3/c1-14(10-11-22-17(21)18(2)3)19(4)13-16(20)12-15-8-6-5-7-9-15/h5-9,14,16,20H,10-13H2,1-4H3. The Bertz CT molecular complexity index is 437. The summed E-state index contributed by atoms with van der Waals surface area (Å²) in [6.45, 7) is 3.05. The van der Waals surface area contributed by atoms with Gasteiger partial charge >= 0.3 is 6.09 Å². The molecule has 124 valence electrons. The van der Waals surface area contributed by atoms with Crippen molar-refractivity contribution in [2.75, 3.05) is 34.3 Å². The van der Waals surface area contributed by atoms with Gasteiger partial charge in [-0.1, -0.05) is 30.3 Å². The molecule has 1 aromatic carbocycles. The molecule has 0 fully saturated rings. The average Bonchev–Trinajstić information content (AvgIpc) is 2.47. The lowest BCUT2D eigenvalue weighted by molar-refractivity contribution is 0.0851. The number of nitrogens with zero attached hydrogens (tertiary/aromatic N) is 2. The summed E-state index contributed by atoms with van der Waals surface area (Å²) in [7, 11) is 5.31. The molecular formula is C17H28N2O3. The zero-order chi connectivity index (χ0) is 16.5. The van der Waals surface area contributed by atoms with Crippen LogP contribution in [-0.2, 0) is 11.2 Å². The molecule has 2 unspecified atom stereocenters. The van der Waals surface area contributed by atoms with E-state index in [1.807, 2.05) is 37.4 Å². The monoisotopic (exact) mass is 308 g/mol. The third kappa shape index (κ3) is 6.91. The number of benzene rings is 1. The molecule has 0 aliphatic rings. The van der Waals surface area contributed by atoms with Crippen LogP contribution >= 0.6 is 0 Å². The highest BCUT2D eigenvalue weighted by molar-refractivity contribution is 5.66. The van der Waals surface area contributed by atoms with Gasteiger partial charge in [0.1, 0.15) is 0 Å². The molecule has 0 aromatic heterocycles. The van der Waals surface area contributed by atoms with E-state index >= 15 is 0 Å². The summed E-state index contributed by atoms with van der Waals surface area (Å²) >= 11 is 0. The lowest BCUT2D eigenvalue weighted by Gasteiger charge is -2.27. The molecule has 0 radical (unpaired) electrons. The van der Waals surface area contributed by atoms with Crippen LogP contribution in [0.4, 0.5) is 4.79 Å². The van der Waals surface area contributed by atoms with E-state index in [1.165, 1.54) is 4.90 Å². The molecule has 1 amide bonds. The topological polar surface area (TPSA) is 53.0 Å². The number of aliphatic hydroxyl groups is 1. The van der Waals surface area contributed by atoms with Crippen LogP contribution in [0.5, 0.6) is 0 Å². The first-order chi connectivity index (χ1) is 10.4. The van der Waals surface area contributed by atoms with Crippen LogP contribution < -0.4 is 0 Å². The highest BCUT2D eigenvalue weighted by atomic mass is 16.6. The molecule has 1 aromatic rings. The molecule has 0 saturated heterocycles. The fraction of sp³-hybridized carbons (Fsp3) is 0.588. The number of likely N-dealkylation sites (N-methyl/N-ethyl adjacent to an activating group) is 1. The zero-order valence-electron chi connectivity index (χ0n) is 14.0. The van der Waals surface area contributed by atoms with Crippen LogP contribution in [0.25, 0.3) is 0 Å². The Balaban J connectivity index is 2.28. The van der Waals surface area contributed by atoms with Crippen molar-refractivity contribution in [3.8, 4) is 0 Å². The molecule has 5 nitrogen and oxygen atoms in total. The lowest BCUT2D eigenvalue weighted by Crippen LogP contribution is -2.37. The van der Waals surface area contributed by atoms with Crippen molar-refractivity contribution >= 4 is 6.09 Å². The molecular weight excluding hydrogens is 280 g/mol. The minimum Gasteiger partial charge on any atom is -0.449 e. The largest absolute Gasteiger partial charge is 0.449 e. The molecule has 0 aliphatic heterocycles. The Kier molecular flexibility index (Phi) is 7.91. The highest BCUT2D eigenvalue weighted by Gasteiger charge is 2.15. The summed E-state index contributed by atoms with van der Waals surface area (Å²) in [6, 6.07) is 10.2. The Morgan fingerprint density at radius 1 is 1.23 bits per heavy atom. The second kappa shape index (κ2) is 9.43. The number of hydrogen-bond acceptors (Lipinski definition) is 4. The third-order valence-corrected chi connectivity index (χ3v) is 3.69. The number of amides is 1. The predicted molar refractivity (Wildman–Crippen MR) is 87.9 cm³/mol. The van der Waals surface area contributed by atoms with Crippen LogP contribution in [-0.4, -0.2) is 67.4 Å². The van der Waals surface area contributed by atoms with Gasteiger partial charge in [0, 0.05) is 26.7 Å². The normalized spacial score (nSPS) is 13.7. The van der Waals surface area contributed by atoms with E-state index in [9.17, 15) is 9.90 Å². The maximum atomic E-state index is 11.3. The summed E-state index contributed by atoms with van der Waals surface area (Å²) < 4.78 is 5.12. The van der Waals surface area contributed by atoms with Gasteiger partial charge in [-0.25, -0.2) is 4.79 Å². The number of ether oxygens (including phenoxy) is 1. The summed E-state index contributed by atoms with van der Waals surface area (Å²) in [5.74, 6) is 0. The van der Waals surface area contributed by atoms with Gasteiger partial charge in [0.05, 0.1) is 12.7 Å². The highest BCUT2D eigenvalue weighted by Crippen LogP contribution is 2.07. The Morgan fingerprint density at radius 3 is 2.45 bits per heavy atom. The van der Waals surface area contributed by atoms with Crippen molar-refractivity contribution in [2.45, 2.75) is 31.9 Å². The van der Waals surface area contributed by atoms with Gasteiger partial charge in [-0.05, 0) is 32.4 Å². The second-order valence-corrected chi connectivity index (χ2v) is 5.93. The first kappa shape index (κ1) is 18.5. The minimum absolute atomic E-state index is 0.236. The average molecular weight is 308 g/mol.